The van der Waals surface area contributed by atoms with E-state index >= 15 is 0 Å². The SMILES string of the molecule is O=C1C(=Cc2ccccc2I)SC(=S)N1c1cccc(C(F)(F)F)c1. The quantitative estimate of drug-likeness (QED) is 0.305. The van der Waals surface area contributed by atoms with Crippen LogP contribution in [0.2, 0.25) is 0 Å². The van der Waals surface area contributed by atoms with E-state index in [0.717, 1.165) is 37.9 Å². The lowest BCUT2D eigenvalue weighted by Gasteiger charge is -2.16. The Morgan fingerprint density at radius 2 is 1.84 bits per heavy atom. The normalized spacial score (nSPS) is 16.8. The summed E-state index contributed by atoms with van der Waals surface area (Å²) in [5.74, 6) is -0.422. The third-order valence-electron chi connectivity index (χ3n) is 3.42. The van der Waals surface area contributed by atoms with Crippen LogP contribution < -0.4 is 4.90 Å². The Labute approximate surface area is 165 Å². The molecule has 0 N–H and O–H groups in total. The molecule has 1 amide bonds. The van der Waals surface area contributed by atoms with Crippen LogP contribution in [-0.2, 0) is 11.0 Å². The van der Waals surface area contributed by atoms with Gasteiger partial charge in [-0.2, -0.15) is 13.2 Å². The molecule has 3 rings (SSSR count). The lowest BCUT2D eigenvalue weighted by atomic mass is 10.1. The van der Waals surface area contributed by atoms with E-state index in [1.165, 1.54) is 12.1 Å². The van der Waals surface area contributed by atoms with Crippen LogP contribution in [0.5, 0.6) is 0 Å². The summed E-state index contributed by atoms with van der Waals surface area (Å²) in [6.45, 7) is 0. The van der Waals surface area contributed by atoms with Crippen LogP contribution in [0.4, 0.5) is 18.9 Å². The third-order valence-corrected chi connectivity index (χ3v) is 5.70. The smallest absolute Gasteiger partial charge is 0.268 e. The molecule has 0 aromatic heterocycles. The molecule has 0 atom stereocenters. The largest absolute Gasteiger partial charge is 0.416 e. The Morgan fingerprint density at radius 1 is 1.12 bits per heavy atom. The highest BCUT2D eigenvalue weighted by Gasteiger charge is 2.36. The van der Waals surface area contributed by atoms with Crippen LogP contribution in [-0.4, -0.2) is 10.2 Å². The van der Waals surface area contributed by atoms with Gasteiger partial charge in [-0.15, -0.1) is 0 Å². The van der Waals surface area contributed by atoms with E-state index in [1.807, 2.05) is 24.3 Å². The first-order chi connectivity index (χ1) is 11.8. The molecule has 1 heterocycles. The minimum atomic E-state index is -4.48. The number of hydrogen-bond donors (Lipinski definition) is 0. The Kier molecular flexibility index (Phi) is 5.21. The molecule has 0 bridgehead atoms. The van der Waals surface area contributed by atoms with E-state index in [-0.39, 0.29) is 10.0 Å². The number of anilines is 1. The van der Waals surface area contributed by atoms with E-state index in [0.29, 0.717) is 4.91 Å². The molecule has 0 saturated carbocycles. The van der Waals surface area contributed by atoms with Gasteiger partial charge in [-0.25, -0.2) is 0 Å². The molecule has 2 aromatic carbocycles. The molecule has 0 radical (unpaired) electrons. The molecule has 1 fully saturated rings. The van der Waals surface area contributed by atoms with Crippen LogP contribution in [0.25, 0.3) is 6.08 Å². The van der Waals surface area contributed by atoms with Crippen molar-refractivity contribution in [3.05, 3.63) is 68.1 Å². The van der Waals surface area contributed by atoms with E-state index < -0.39 is 17.6 Å². The van der Waals surface area contributed by atoms with Crippen molar-refractivity contribution < 1.29 is 18.0 Å². The Bertz CT molecular complexity index is 895. The molecular formula is C17H9F3INOS2. The predicted octanol–water partition coefficient (Wildman–Crippen LogP) is 5.72. The molecule has 0 unspecified atom stereocenters. The van der Waals surface area contributed by atoms with Crippen LogP contribution in [0.15, 0.2) is 53.4 Å². The van der Waals surface area contributed by atoms with E-state index in [2.05, 4.69) is 22.6 Å². The van der Waals surface area contributed by atoms with Crippen LogP contribution >= 0.6 is 46.6 Å². The summed E-state index contributed by atoms with van der Waals surface area (Å²) in [5.41, 5.74) is 0.150. The molecule has 2 aromatic rings. The molecule has 25 heavy (non-hydrogen) atoms. The number of carbonyl (C=O) groups is 1. The summed E-state index contributed by atoms with van der Waals surface area (Å²) in [6, 6.07) is 12.1. The average molecular weight is 491 g/mol. The standard InChI is InChI=1S/C17H9F3INOS2/c18-17(19,20)11-5-3-6-12(9-11)22-15(23)14(25-16(22)24)8-10-4-1-2-7-13(10)21/h1-9H. The van der Waals surface area contributed by atoms with Crippen molar-refractivity contribution in [3.8, 4) is 0 Å². The second-order valence-corrected chi connectivity index (χ2v) is 7.92. The number of hydrogen-bond acceptors (Lipinski definition) is 3. The van der Waals surface area contributed by atoms with Crippen molar-refractivity contribution in [2.24, 2.45) is 0 Å². The fraction of sp³-hybridized carbons (Fsp3) is 0.0588. The molecule has 0 spiro atoms. The number of thiocarbonyl (C=S) groups is 1. The van der Waals surface area contributed by atoms with Gasteiger partial charge in [0.15, 0.2) is 4.32 Å². The summed E-state index contributed by atoms with van der Waals surface area (Å²) in [7, 11) is 0. The van der Waals surface area contributed by atoms with Gasteiger partial charge in [-0.3, -0.25) is 9.69 Å². The van der Waals surface area contributed by atoms with Crippen molar-refractivity contribution >= 4 is 68.6 Å². The zero-order chi connectivity index (χ0) is 18.2. The van der Waals surface area contributed by atoms with E-state index in [4.69, 9.17) is 12.2 Å². The highest BCUT2D eigenvalue weighted by Crippen LogP contribution is 2.38. The number of nitrogens with zero attached hydrogens (tertiary/aromatic N) is 1. The second-order valence-electron chi connectivity index (χ2n) is 5.09. The Hall–Kier alpha value is -1.39. The first-order valence-electron chi connectivity index (χ1n) is 6.97. The Morgan fingerprint density at radius 3 is 2.52 bits per heavy atom. The number of benzene rings is 2. The maximum absolute atomic E-state index is 12.9. The van der Waals surface area contributed by atoms with Gasteiger partial charge in [0.05, 0.1) is 16.2 Å². The zero-order valence-electron chi connectivity index (χ0n) is 12.4. The third kappa shape index (κ3) is 3.90. The Balaban J connectivity index is 1.96. The predicted molar refractivity (Wildman–Crippen MR) is 106 cm³/mol. The van der Waals surface area contributed by atoms with Crippen molar-refractivity contribution in [1.82, 2.24) is 0 Å². The maximum atomic E-state index is 12.9. The number of rotatable bonds is 2. The topological polar surface area (TPSA) is 20.3 Å². The van der Waals surface area contributed by atoms with Crippen LogP contribution in [0, 0.1) is 3.57 Å². The lowest BCUT2D eigenvalue weighted by Crippen LogP contribution is -2.27. The molecular weight excluding hydrogens is 482 g/mol. The second kappa shape index (κ2) is 7.08. The number of alkyl halides is 3. The van der Waals surface area contributed by atoms with Crippen molar-refractivity contribution in [1.29, 1.82) is 0 Å². The molecule has 2 nitrogen and oxygen atoms in total. The van der Waals surface area contributed by atoms with E-state index in [9.17, 15) is 18.0 Å². The summed E-state index contributed by atoms with van der Waals surface area (Å²) in [6.07, 6.45) is -2.78. The van der Waals surface area contributed by atoms with Gasteiger partial charge in [0.2, 0.25) is 0 Å². The minimum absolute atomic E-state index is 0.114. The van der Waals surface area contributed by atoms with Crippen molar-refractivity contribution in [3.63, 3.8) is 0 Å². The number of amides is 1. The van der Waals surface area contributed by atoms with Gasteiger partial charge in [0.1, 0.15) is 0 Å². The van der Waals surface area contributed by atoms with Crippen LogP contribution in [0.3, 0.4) is 0 Å². The summed E-state index contributed by atoms with van der Waals surface area (Å²) >= 11 is 8.44. The lowest BCUT2D eigenvalue weighted by molar-refractivity contribution is -0.137. The summed E-state index contributed by atoms with van der Waals surface area (Å²) in [4.78, 5) is 14.2. The highest BCUT2D eigenvalue weighted by atomic mass is 127. The molecule has 8 heteroatoms. The average Bonchev–Trinajstić information content (AvgIpc) is 2.83. The molecule has 1 aliphatic rings. The number of halogens is 4. The van der Waals surface area contributed by atoms with E-state index in [1.54, 1.807) is 6.08 Å². The maximum Gasteiger partial charge on any atom is 0.416 e. The van der Waals surface area contributed by atoms with Gasteiger partial charge in [0, 0.05) is 3.57 Å². The van der Waals surface area contributed by atoms with Gasteiger partial charge in [-0.05, 0) is 58.5 Å². The molecule has 1 saturated heterocycles. The van der Waals surface area contributed by atoms with Crippen LogP contribution in [0.1, 0.15) is 11.1 Å². The van der Waals surface area contributed by atoms with Gasteiger partial charge < -0.3 is 0 Å². The first-order valence-corrected chi connectivity index (χ1v) is 9.27. The summed E-state index contributed by atoms with van der Waals surface area (Å²) in [5, 5.41) is 0. The fourth-order valence-electron chi connectivity index (χ4n) is 2.25. The minimum Gasteiger partial charge on any atom is -0.268 e. The van der Waals surface area contributed by atoms with Gasteiger partial charge >= 0.3 is 6.18 Å². The molecule has 0 aliphatic carbocycles. The van der Waals surface area contributed by atoms with Crippen molar-refractivity contribution in [2.75, 3.05) is 4.90 Å². The fourth-order valence-corrected chi connectivity index (χ4v) is 4.08. The molecule has 128 valence electrons. The van der Waals surface area contributed by atoms with Gasteiger partial charge in [0.25, 0.3) is 5.91 Å². The zero-order valence-corrected chi connectivity index (χ0v) is 16.2. The molecule has 1 aliphatic heterocycles. The van der Waals surface area contributed by atoms with Gasteiger partial charge in [-0.1, -0.05) is 48.2 Å². The van der Waals surface area contributed by atoms with Crippen molar-refractivity contribution in [2.45, 2.75) is 6.18 Å². The number of carbonyl (C=O) groups excluding carboxylic acids is 1. The monoisotopic (exact) mass is 491 g/mol. The highest BCUT2D eigenvalue weighted by molar-refractivity contribution is 14.1. The number of thioether (sulfide) groups is 1. The first kappa shape index (κ1) is 18.4. The summed E-state index contributed by atoms with van der Waals surface area (Å²) < 4.78 is 39.9.